The third-order valence-electron chi connectivity index (χ3n) is 1.61. The van der Waals surface area contributed by atoms with Crippen LogP contribution in [0.5, 0.6) is 0 Å². The second-order valence-corrected chi connectivity index (χ2v) is 3.25. The van der Waals surface area contributed by atoms with Crippen molar-refractivity contribution in [1.29, 1.82) is 0 Å². The Labute approximate surface area is 89.8 Å². The van der Waals surface area contributed by atoms with E-state index in [4.69, 9.17) is 10.8 Å². The second-order valence-electron chi connectivity index (χ2n) is 3.25. The smallest absolute Gasteiger partial charge is 0.397 e. The van der Waals surface area contributed by atoms with Crippen LogP contribution < -0.4 is 11.1 Å². The van der Waals surface area contributed by atoms with Gasteiger partial charge in [0.2, 0.25) is 5.91 Å². The van der Waals surface area contributed by atoms with Gasteiger partial charge in [0.05, 0.1) is 6.17 Å². The topological polar surface area (TPSA) is 92.4 Å². The average molecular weight is 242 g/mol. The van der Waals surface area contributed by atoms with Crippen LogP contribution in [0.15, 0.2) is 0 Å². The highest BCUT2D eigenvalue weighted by molar-refractivity contribution is 5.76. The molecule has 0 radical (unpaired) electrons. The van der Waals surface area contributed by atoms with E-state index in [1.807, 2.05) is 5.32 Å². The summed E-state index contributed by atoms with van der Waals surface area (Å²) in [7, 11) is 0. The average Bonchev–Trinajstić information content (AvgIpc) is 1.98. The van der Waals surface area contributed by atoms with Crippen LogP contribution >= 0.6 is 0 Å². The van der Waals surface area contributed by atoms with Crippen LogP contribution in [0.4, 0.5) is 13.2 Å². The largest absolute Gasteiger partial charge is 0.481 e. The number of halogens is 3. The van der Waals surface area contributed by atoms with Crippen molar-refractivity contribution >= 4 is 11.9 Å². The van der Waals surface area contributed by atoms with Crippen LogP contribution in [0.3, 0.4) is 0 Å². The molecule has 0 bridgehead atoms. The van der Waals surface area contributed by atoms with E-state index in [2.05, 4.69) is 0 Å². The zero-order valence-corrected chi connectivity index (χ0v) is 8.38. The van der Waals surface area contributed by atoms with Gasteiger partial charge >= 0.3 is 12.1 Å². The van der Waals surface area contributed by atoms with Gasteiger partial charge < -0.3 is 16.2 Å². The zero-order valence-electron chi connectivity index (χ0n) is 8.38. The number of hydrogen-bond donors (Lipinski definition) is 3. The Balaban J connectivity index is 3.74. The number of nitrogens with two attached hydrogens (primary N) is 1. The molecule has 5 nitrogen and oxygen atoms in total. The highest BCUT2D eigenvalue weighted by Gasteiger charge is 2.31. The number of carboxylic acids is 1. The molecule has 0 aliphatic carbocycles. The fraction of sp³-hybridized carbons (Fsp3) is 0.750. The minimum Gasteiger partial charge on any atom is -0.481 e. The lowest BCUT2D eigenvalue weighted by Gasteiger charge is -2.14. The normalized spacial score (nSPS) is 13.2. The van der Waals surface area contributed by atoms with E-state index in [-0.39, 0.29) is 19.3 Å². The van der Waals surface area contributed by atoms with Crippen LogP contribution in [-0.4, -0.2) is 29.3 Å². The Morgan fingerprint density at radius 1 is 1.38 bits per heavy atom. The van der Waals surface area contributed by atoms with Crippen molar-refractivity contribution < 1.29 is 27.9 Å². The van der Waals surface area contributed by atoms with E-state index < -0.39 is 30.6 Å². The Hall–Kier alpha value is -1.31. The van der Waals surface area contributed by atoms with Crippen molar-refractivity contribution in [3.05, 3.63) is 0 Å². The summed E-state index contributed by atoms with van der Waals surface area (Å²) in [6.07, 6.45) is -6.92. The maximum absolute atomic E-state index is 11.7. The van der Waals surface area contributed by atoms with Crippen LogP contribution in [0.25, 0.3) is 0 Å². The van der Waals surface area contributed by atoms with Gasteiger partial charge in [0, 0.05) is 6.42 Å². The molecular weight excluding hydrogens is 229 g/mol. The molecule has 0 aliphatic heterocycles. The van der Waals surface area contributed by atoms with Crippen molar-refractivity contribution in [2.24, 2.45) is 5.73 Å². The molecule has 16 heavy (non-hydrogen) atoms. The van der Waals surface area contributed by atoms with E-state index in [1.165, 1.54) is 0 Å². The van der Waals surface area contributed by atoms with Gasteiger partial charge in [0.15, 0.2) is 0 Å². The molecule has 1 amide bonds. The SMILES string of the molecule is NC(CCCC(=O)O)NC(=O)CC(F)(F)F. The maximum Gasteiger partial charge on any atom is 0.397 e. The second kappa shape index (κ2) is 6.31. The molecule has 0 aromatic carbocycles. The quantitative estimate of drug-likeness (QED) is 0.594. The fourth-order valence-electron chi connectivity index (χ4n) is 0.985. The molecule has 94 valence electrons. The molecule has 0 spiro atoms. The Kier molecular flexibility index (Phi) is 5.79. The third-order valence-corrected chi connectivity index (χ3v) is 1.61. The van der Waals surface area contributed by atoms with Gasteiger partial charge in [-0.3, -0.25) is 9.59 Å². The van der Waals surface area contributed by atoms with Gasteiger partial charge in [-0.05, 0) is 12.8 Å². The van der Waals surface area contributed by atoms with Crippen molar-refractivity contribution in [2.75, 3.05) is 0 Å². The summed E-state index contributed by atoms with van der Waals surface area (Å²) in [4.78, 5) is 20.9. The first kappa shape index (κ1) is 14.7. The molecule has 0 aromatic heterocycles. The fourth-order valence-corrected chi connectivity index (χ4v) is 0.985. The molecule has 1 atom stereocenters. The highest BCUT2D eigenvalue weighted by Crippen LogP contribution is 2.18. The highest BCUT2D eigenvalue weighted by atomic mass is 19.4. The molecule has 0 saturated heterocycles. The lowest BCUT2D eigenvalue weighted by atomic mass is 10.2. The number of carboxylic acid groups (broad SMARTS) is 1. The predicted molar refractivity (Wildman–Crippen MR) is 48.3 cm³/mol. The minimum absolute atomic E-state index is 0.121. The summed E-state index contributed by atoms with van der Waals surface area (Å²) < 4.78 is 35.2. The molecular formula is C8H13F3N2O3. The summed E-state index contributed by atoms with van der Waals surface area (Å²) in [6.45, 7) is 0. The van der Waals surface area contributed by atoms with Gasteiger partial charge in [-0.15, -0.1) is 0 Å². The number of carbonyl (C=O) groups excluding carboxylic acids is 1. The number of alkyl halides is 3. The summed E-state index contributed by atoms with van der Waals surface area (Å²) >= 11 is 0. The Bertz CT molecular complexity index is 255. The molecule has 0 aliphatic rings. The maximum atomic E-state index is 11.7. The molecule has 1 unspecified atom stereocenters. The summed E-state index contributed by atoms with van der Waals surface area (Å²) in [5.74, 6) is -2.23. The van der Waals surface area contributed by atoms with Crippen LogP contribution in [-0.2, 0) is 9.59 Å². The van der Waals surface area contributed by atoms with Gasteiger partial charge in [-0.1, -0.05) is 0 Å². The number of hydrogen-bond acceptors (Lipinski definition) is 3. The molecule has 8 heteroatoms. The molecule has 0 rings (SSSR count). The van der Waals surface area contributed by atoms with E-state index in [1.54, 1.807) is 0 Å². The van der Waals surface area contributed by atoms with Crippen molar-refractivity contribution in [1.82, 2.24) is 5.32 Å². The Morgan fingerprint density at radius 3 is 2.38 bits per heavy atom. The summed E-state index contributed by atoms with van der Waals surface area (Å²) in [5, 5.41) is 10.2. The first-order valence-corrected chi connectivity index (χ1v) is 4.54. The molecule has 4 N–H and O–H groups in total. The molecule has 0 fully saturated rings. The first-order valence-electron chi connectivity index (χ1n) is 4.54. The van der Waals surface area contributed by atoms with Crippen LogP contribution in [0.2, 0.25) is 0 Å². The number of amides is 1. The van der Waals surface area contributed by atoms with Gasteiger partial charge in [0.1, 0.15) is 6.42 Å². The minimum atomic E-state index is -4.56. The summed E-state index contributed by atoms with van der Waals surface area (Å²) in [5.41, 5.74) is 5.29. The van der Waals surface area contributed by atoms with Crippen LogP contribution in [0, 0.1) is 0 Å². The van der Waals surface area contributed by atoms with Gasteiger partial charge in [-0.25, -0.2) is 0 Å². The van der Waals surface area contributed by atoms with E-state index in [9.17, 15) is 22.8 Å². The number of nitrogens with one attached hydrogen (secondary N) is 1. The summed E-state index contributed by atoms with van der Waals surface area (Å²) in [6, 6.07) is 0. The van der Waals surface area contributed by atoms with E-state index >= 15 is 0 Å². The number of carbonyl (C=O) groups is 2. The van der Waals surface area contributed by atoms with Crippen molar-refractivity contribution in [3.63, 3.8) is 0 Å². The monoisotopic (exact) mass is 242 g/mol. The zero-order chi connectivity index (χ0) is 12.8. The predicted octanol–water partition coefficient (Wildman–Crippen LogP) is 0.595. The lowest BCUT2D eigenvalue weighted by molar-refractivity contribution is -0.154. The van der Waals surface area contributed by atoms with Crippen molar-refractivity contribution in [3.8, 4) is 0 Å². The first-order chi connectivity index (χ1) is 7.20. The lowest BCUT2D eigenvalue weighted by Crippen LogP contribution is -2.42. The number of rotatable bonds is 6. The van der Waals surface area contributed by atoms with Crippen LogP contribution in [0.1, 0.15) is 25.7 Å². The third kappa shape index (κ3) is 9.25. The number of aliphatic carboxylic acids is 1. The van der Waals surface area contributed by atoms with Gasteiger partial charge in [0.25, 0.3) is 0 Å². The van der Waals surface area contributed by atoms with E-state index in [0.717, 1.165) is 0 Å². The standard InChI is InChI=1S/C8H13F3N2O3/c9-8(10,11)4-6(14)13-5(12)2-1-3-7(15)16/h5H,1-4,12H2,(H,13,14)(H,15,16). The molecule has 0 saturated carbocycles. The molecule has 0 aromatic rings. The van der Waals surface area contributed by atoms with Gasteiger partial charge in [-0.2, -0.15) is 13.2 Å². The Morgan fingerprint density at radius 2 is 1.94 bits per heavy atom. The molecule has 0 heterocycles. The van der Waals surface area contributed by atoms with Crippen molar-refractivity contribution in [2.45, 2.75) is 38.0 Å². The van der Waals surface area contributed by atoms with E-state index in [0.29, 0.717) is 0 Å².